The lowest BCUT2D eigenvalue weighted by Crippen LogP contribution is -2.17. The zero-order valence-electron chi connectivity index (χ0n) is 15.8. The predicted molar refractivity (Wildman–Crippen MR) is 110 cm³/mol. The number of hydrogen-bond donors (Lipinski definition) is 1. The Bertz CT molecular complexity index is 1110. The molecule has 4 rings (SSSR count). The number of carbonyl (C=O) groups is 2. The molecule has 0 bridgehead atoms. The Balaban J connectivity index is 1.72. The lowest BCUT2D eigenvalue weighted by Gasteiger charge is -2.23. The second-order valence-electron chi connectivity index (χ2n) is 7.29. The molecule has 1 fully saturated rings. The summed E-state index contributed by atoms with van der Waals surface area (Å²) in [5.74, 6) is -0.373. The van der Waals surface area contributed by atoms with E-state index < -0.39 is 0 Å². The number of nitrogens with zero attached hydrogens (tertiary/aromatic N) is 2. The molecule has 0 aliphatic carbocycles. The number of nitrogens with one attached hydrogen (secondary N) is 1. The van der Waals surface area contributed by atoms with Crippen LogP contribution in [0.3, 0.4) is 0 Å². The highest BCUT2D eigenvalue weighted by Gasteiger charge is 2.25. The molecule has 1 aromatic carbocycles. The number of imide groups is 1. The number of thioether (sulfide) groups is 1. The van der Waals surface area contributed by atoms with Crippen molar-refractivity contribution in [3.8, 4) is 11.3 Å². The molecule has 7 heteroatoms. The number of carbonyl (C=O) groups excluding carboxylic acids is 2. The summed E-state index contributed by atoms with van der Waals surface area (Å²) in [7, 11) is 0. The van der Waals surface area contributed by atoms with Crippen LogP contribution in [0.4, 0.5) is 4.79 Å². The summed E-state index contributed by atoms with van der Waals surface area (Å²) in [6.45, 7) is 6.52. The molecule has 2 aromatic heterocycles. The molecule has 1 aliphatic rings. The summed E-state index contributed by atoms with van der Waals surface area (Å²) in [6, 6.07) is 7.85. The number of pyridine rings is 1. The first-order chi connectivity index (χ1) is 13.4. The summed E-state index contributed by atoms with van der Waals surface area (Å²) in [5, 5.41) is 1.89. The van der Waals surface area contributed by atoms with Gasteiger partial charge in [-0.3, -0.25) is 19.9 Å². The molecule has 1 aliphatic heterocycles. The molecular formula is C21H19N3O3S. The summed E-state index contributed by atoms with van der Waals surface area (Å²) in [5.41, 5.74) is 5.18. The molecule has 0 atom stereocenters. The van der Waals surface area contributed by atoms with Gasteiger partial charge in [0.1, 0.15) is 5.52 Å². The molecule has 0 unspecified atom stereocenters. The molecule has 3 aromatic rings. The number of aromatic nitrogens is 2. The maximum atomic E-state index is 11.7. The Hall–Kier alpha value is -2.93. The van der Waals surface area contributed by atoms with Crippen LogP contribution in [0.2, 0.25) is 0 Å². The summed E-state index contributed by atoms with van der Waals surface area (Å²) >= 11 is 0.894. The van der Waals surface area contributed by atoms with Crippen LogP contribution in [-0.2, 0) is 10.2 Å². The highest BCUT2D eigenvalue weighted by molar-refractivity contribution is 8.18. The Kier molecular flexibility index (Phi) is 4.55. The molecule has 0 spiro atoms. The van der Waals surface area contributed by atoms with Gasteiger partial charge in [0.25, 0.3) is 11.1 Å². The number of fused-ring (bicyclic) bond motifs is 1. The Morgan fingerprint density at radius 1 is 1.21 bits per heavy atom. The normalized spacial score (nSPS) is 16.2. The van der Waals surface area contributed by atoms with E-state index in [1.807, 2.05) is 18.2 Å². The van der Waals surface area contributed by atoms with Gasteiger partial charge in [0.05, 0.1) is 10.6 Å². The maximum absolute atomic E-state index is 11.7. The molecular weight excluding hydrogens is 374 g/mol. The first-order valence-electron chi connectivity index (χ1n) is 8.96. The molecule has 0 radical (unpaired) electrons. The van der Waals surface area contributed by atoms with E-state index in [4.69, 9.17) is 4.42 Å². The summed E-state index contributed by atoms with van der Waals surface area (Å²) < 4.78 is 5.63. The monoisotopic (exact) mass is 393 g/mol. The fourth-order valence-electron chi connectivity index (χ4n) is 3.04. The van der Waals surface area contributed by atoms with Crippen LogP contribution < -0.4 is 5.32 Å². The van der Waals surface area contributed by atoms with Crippen molar-refractivity contribution >= 4 is 40.1 Å². The van der Waals surface area contributed by atoms with E-state index in [1.54, 1.807) is 12.3 Å². The zero-order chi connectivity index (χ0) is 19.9. The first kappa shape index (κ1) is 18.4. The van der Waals surface area contributed by atoms with E-state index in [9.17, 15) is 9.59 Å². The fourth-order valence-corrected chi connectivity index (χ4v) is 3.73. The van der Waals surface area contributed by atoms with Crippen molar-refractivity contribution in [1.29, 1.82) is 0 Å². The van der Waals surface area contributed by atoms with Gasteiger partial charge in [0.15, 0.2) is 12.0 Å². The van der Waals surface area contributed by atoms with Crippen molar-refractivity contribution < 1.29 is 14.0 Å². The van der Waals surface area contributed by atoms with Gasteiger partial charge in [-0.1, -0.05) is 26.8 Å². The lowest BCUT2D eigenvalue weighted by molar-refractivity contribution is -0.115. The van der Waals surface area contributed by atoms with Crippen LogP contribution in [0, 0.1) is 0 Å². The topological polar surface area (TPSA) is 85.1 Å². The van der Waals surface area contributed by atoms with Crippen molar-refractivity contribution in [2.75, 3.05) is 0 Å². The highest BCUT2D eigenvalue weighted by atomic mass is 32.2. The molecule has 3 heterocycles. The minimum atomic E-state index is -0.373. The molecule has 1 N–H and O–H groups in total. The lowest BCUT2D eigenvalue weighted by atomic mass is 9.81. The van der Waals surface area contributed by atoms with Gasteiger partial charge in [-0.25, -0.2) is 4.98 Å². The van der Waals surface area contributed by atoms with Crippen LogP contribution in [0.1, 0.15) is 38.3 Å². The van der Waals surface area contributed by atoms with Crippen LogP contribution in [0.5, 0.6) is 0 Å². The highest BCUT2D eigenvalue weighted by Crippen LogP contribution is 2.36. The van der Waals surface area contributed by atoms with Crippen molar-refractivity contribution in [3.05, 3.63) is 52.9 Å². The minimum absolute atomic E-state index is 0.0578. The third-order valence-electron chi connectivity index (χ3n) is 5.07. The van der Waals surface area contributed by atoms with Crippen molar-refractivity contribution in [2.24, 2.45) is 0 Å². The first-order valence-corrected chi connectivity index (χ1v) is 9.78. The Morgan fingerprint density at radius 2 is 2.04 bits per heavy atom. The van der Waals surface area contributed by atoms with Crippen molar-refractivity contribution in [3.63, 3.8) is 0 Å². The van der Waals surface area contributed by atoms with Gasteiger partial charge in [-0.15, -0.1) is 0 Å². The van der Waals surface area contributed by atoms with E-state index in [2.05, 4.69) is 42.1 Å². The number of hydrogen-bond acceptors (Lipinski definition) is 6. The zero-order valence-corrected chi connectivity index (χ0v) is 16.6. The van der Waals surface area contributed by atoms with Crippen LogP contribution in [0.25, 0.3) is 28.4 Å². The van der Waals surface area contributed by atoms with Crippen LogP contribution in [-0.4, -0.2) is 21.1 Å². The second-order valence-corrected chi connectivity index (χ2v) is 8.31. The summed E-state index contributed by atoms with van der Waals surface area (Å²) in [6.07, 6.45) is 5.79. The van der Waals surface area contributed by atoms with Crippen molar-refractivity contribution in [1.82, 2.24) is 15.3 Å². The largest absolute Gasteiger partial charge is 0.443 e. The SMILES string of the molecule is CCC(C)(C)c1cc(-c2ccc(C=C3SC(=O)NC3=O)cn2)cc2ncoc12. The van der Waals surface area contributed by atoms with Gasteiger partial charge in [-0.2, -0.15) is 0 Å². The maximum Gasteiger partial charge on any atom is 0.290 e. The van der Waals surface area contributed by atoms with E-state index in [0.717, 1.165) is 51.7 Å². The predicted octanol–water partition coefficient (Wildman–Crippen LogP) is 4.90. The number of rotatable bonds is 4. The van der Waals surface area contributed by atoms with Gasteiger partial charge in [0, 0.05) is 17.3 Å². The van der Waals surface area contributed by atoms with Gasteiger partial charge >= 0.3 is 0 Å². The van der Waals surface area contributed by atoms with E-state index in [-0.39, 0.29) is 16.6 Å². The second kappa shape index (κ2) is 6.91. The Morgan fingerprint density at radius 3 is 2.68 bits per heavy atom. The van der Waals surface area contributed by atoms with E-state index in [1.165, 1.54) is 6.39 Å². The quantitative estimate of drug-likeness (QED) is 0.635. The smallest absolute Gasteiger partial charge is 0.290 e. The number of benzene rings is 1. The van der Waals surface area contributed by atoms with Gasteiger partial charge < -0.3 is 4.42 Å². The number of amides is 2. The molecule has 142 valence electrons. The average Bonchev–Trinajstić information content (AvgIpc) is 3.27. The third-order valence-corrected chi connectivity index (χ3v) is 5.88. The van der Waals surface area contributed by atoms with Crippen LogP contribution >= 0.6 is 11.8 Å². The van der Waals surface area contributed by atoms with Gasteiger partial charge in [0.2, 0.25) is 0 Å². The molecule has 28 heavy (non-hydrogen) atoms. The van der Waals surface area contributed by atoms with Crippen LogP contribution in [0.15, 0.2) is 46.2 Å². The fraction of sp³-hybridized carbons (Fsp3) is 0.238. The summed E-state index contributed by atoms with van der Waals surface area (Å²) in [4.78, 5) is 32.2. The van der Waals surface area contributed by atoms with E-state index in [0.29, 0.717) is 4.91 Å². The minimum Gasteiger partial charge on any atom is -0.443 e. The standard InChI is InChI=1S/C21H19N3O3S/c1-4-21(2,3)14-8-13(9-16-18(14)27-11-23-16)15-6-5-12(10-22-15)7-17-19(25)24-20(26)28-17/h5-11H,4H2,1-3H3,(H,24,25,26). The third kappa shape index (κ3) is 3.33. The molecule has 2 amide bonds. The molecule has 6 nitrogen and oxygen atoms in total. The van der Waals surface area contributed by atoms with Gasteiger partial charge in [-0.05, 0) is 53.4 Å². The Labute approximate surface area is 166 Å². The number of oxazole rings is 1. The van der Waals surface area contributed by atoms with E-state index >= 15 is 0 Å². The average molecular weight is 393 g/mol. The molecule has 1 saturated heterocycles. The van der Waals surface area contributed by atoms with Crippen molar-refractivity contribution in [2.45, 2.75) is 32.6 Å². The molecule has 0 saturated carbocycles.